The largest absolute Gasteiger partial charge is 0.480 e. The predicted octanol–water partition coefficient (Wildman–Crippen LogP) is 0.638. The lowest BCUT2D eigenvalue weighted by Gasteiger charge is -2.19. The highest BCUT2D eigenvalue weighted by Gasteiger charge is 2.24. The van der Waals surface area contributed by atoms with E-state index in [1.165, 1.54) is 0 Å². The number of ether oxygens (including phenoxy) is 1. The van der Waals surface area contributed by atoms with Gasteiger partial charge in [-0.2, -0.15) is 0 Å². The van der Waals surface area contributed by atoms with Gasteiger partial charge in [-0.25, -0.2) is 4.79 Å². The Morgan fingerprint density at radius 3 is 2.40 bits per heavy atom. The second kappa shape index (κ2) is 7.23. The van der Waals surface area contributed by atoms with Gasteiger partial charge >= 0.3 is 5.97 Å². The molecule has 0 rings (SSSR count). The van der Waals surface area contributed by atoms with Crippen LogP contribution in [0, 0.1) is 5.92 Å². The number of carbonyl (C=O) groups excluding carboxylic acids is 1. The van der Waals surface area contributed by atoms with Crippen molar-refractivity contribution in [2.24, 2.45) is 5.92 Å². The van der Waals surface area contributed by atoms with E-state index in [0.29, 0.717) is 13.0 Å². The highest BCUT2D eigenvalue weighted by Crippen LogP contribution is 2.07. The Hall–Kier alpha value is -1.10. The number of rotatable bonds is 7. The lowest BCUT2D eigenvalue weighted by molar-refractivity contribution is -0.144. The standard InChI is InChI=1S/C10H19NO4/c1-4-7(3)9(10(13)14)11-8(12)6-15-5-2/h7,9H,4-6H2,1-3H3,(H,11,12)(H,13,14)/t7-,9-/m1/s1. The van der Waals surface area contributed by atoms with E-state index in [1.54, 1.807) is 13.8 Å². The van der Waals surface area contributed by atoms with Crippen LogP contribution in [0.1, 0.15) is 27.2 Å². The lowest BCUT2D eigenvalue weighted by Crippen LogP contribution is -2.46. The van der Waals surface area contributed by atoms with Gasteiger partial charge in [0, 0.05) is 6.61 Å². The first kappa shape index (κ1) is 13.9. The van der Waals surface area contributed by atoms with E-state index in [9.17, 15) is 9.59 Å². The van der Waals surface area contributed by atoms with Crippen LogP contribution in [0.3, 0.4) is 0 Å². The van der Waals surface area contributed by atoms with Crippen molar-refractivity contribution in [3.05, 3.63) is 0 Å². The summed E-state index contributed by atoms with van der Waals surface area (Å²) in [7, 11) is 0. The van der Waals surface area contributed by atoms with Gasteiger partial charge in [-0.15, -0.1) is 0 Å². The van der Waals surface area contributed by atoms with Gasteiger partial charge in [-0.05, 0) is 12.8 Å². The molecular formula is C10H19NO4. The molecule has 0 heterocycles. The first-order valence-corrected chi connectivity index (χ1v) is 5.12. The third kappa shape index (κ3) is 5.37. The Labute approximate surface area is 89.8 Å². The van der Waals surface area contributed by atoms with E-state index in [1.807, 2.05) is 6.92 Å². The Balaban J connectivity index is 4.16. The second-order valence-electron chi connectivity index (χ2n) is 3.41. The van der Waals surface area contributed by atoms with E-state index < -0.39 is 12.0 Å². The molecule has 0 bridgehead atoms. The smallest absolute Gasteiger partial charge is 0.326 e. The van der Waals surface area contributed by atoms with Gasteiger partial charge in [0.05, 0.1) is 0 Å². The van der Waals surface area contributed by atoms with E-state index >= 15 is 0 Å². The molecule has 0 aliphatic rings. The van der Waals surface area contributed by atoms with Gasteiger partial charge in [-0.3, -0.25) is 4.79 Å². The number of carbonyl (C=O) groups is 2. The fourth-order valence-corrected chi connectivity index (χ4v) is 1.09. The number of nitrogens with one attached hydrogen (secondary N) is 1. The molecule has 0 saturated heterocycles. The molecule has 0 spiro atoms. The summed E-state index contributed by atoms with van der Waals surface area (Å²) in [4.78, 5) is 22.1. The van der Waals surface area contributed by atoms with Crippen molar-refractivity contribution < 1.29 is 19.4 Å². The summed E-state index contributed by atoms with van der Waals surface area (Å²) in [5, 5.41) is 11.3. The molecule has 2 atom stereocenters. The van der Waals surface area contributed by atoms with Crippen LogP contribution in [0.2, 0.25) is 0 Å². The topological polar surface area (TPSA) is 75.6 Å². The van der Waals surface area contributed by atoms with Gasteiger partial charge in [0.2, 0.25) is 5.91 Å². The van der Waals surface area contributed by atoms with Crippen LogP contribution < -0.4 is 5.32 Å². The minimum Gasteiger partial charge on any atom is -0.480 e. The van der Waals surface area contributed by atoms with Gasteiger partial charge in [0.15, 0.2) is 0 Å². The number of hydrogen-bond donors (Lipinski definition) is 2. The lowest BCUT2D eigenvalue weighted by atomic mass is 9.99. The molecule has 0 fully saturated rings. The molecule has 0 aromatic rings. The third-order valence-electron chi connectivity index (χ3n) is 2.23. The first-order valence-electron chi connectivity index (χ1n) is 5.12. The number of aliphatic carboxylic acids is 1. The van der Waals surface area contributed by atoms with Crippen LogP contribution in [0.4, 0.5) is 0 Å². The summed E-state index contributed by atoms with van der Waals surface area (Å²) < 4.78 is 4.88. The van der Waals surface area contributed by atoms with Crippen LogP contribution >= 0.6 is 0 Å². The quantitative estimate of drug-likeness (QED) is 0.656. The minimum absolute atomic E-state index is 0.0866. The zero-order valence-corrected chi connectivity index (χ0v) is 9.45. The van der Waals surface area contributed by atoms with Crippen LogP contribution in [0.15, 0.2) is 0 Å². The summed E-state index contributed by atoms with van der Waals surface area (Å²) in [6.45, 7) is 5.80. The van der Waals surface area contributed by atoms with Crippen LogP contribution in [-0.4, -0.2) is 36.2 Å². The Bertz CT molecular complexity index is 217. The molecule has 0 radical (unpaired) electrons. The molecule has 5 nitrogen and oxygen atoms in total. The molecule has 5 heteroatoms. The van der Waals surface area contributed by atoms with Crippen molar-refractivity contribution >= 4 is 11.9 Å². The summed E-state index contributed by atoms with van der Waals surface area (Å²) in [5.74, 6) is -1.48. The molecule has 15 heavy (non-hydrogen) atoms. The maximum atomic E-state index is 11.2. The minimum atomic E-state index is -1.01. The zero-order valence-electron chi connectivity index (χ0n) is 9.45. The third-order valence-corrected chi connectivity index (χ3v) is 2.23. The molecule has 0 saturated carbocycles. The fourth-order valence-electron chi connectivity index (χ4n) is 1.09. The van der Waals surface area contributed by atoms with E-state index in [4.69, 9.17) is 9.84 Å². The zero-order chi connectivity index (χ0) is 11.8. The summed E-state index contributed by atoms with van der Waals surface area (Å²) in [6, 6.07) is -0.831. The van der Waals surface area contributed by atoms with Gasteiger partial charge in [0.1, 0.15) is 12.6 Å². The highest BCUT2D eigenvalue weighted by atomic mass is 16.5. The molecule has 0 aliphatic heterocycles. The van der Waals surface area contributed by atoms with Crippen LogP contribution in [-0.2, 0) is 14.3 Å². The van der Waals surface area contributed by atoms with Gasteiger partial charge in [0.25, 0.3) is 0 Å². The number of carboxylic acid groups (broad SMARTS) is 1. The van der Waals surface area contributed by atoms with Crippen molar-refractivity contribution in [2.45, 2.75) is 33.2 Å². The van der Waals surface area contributed by atoms with Crippen molar-refractivity contribution in [1.29, 1.82) is 0 Å². The van der Waals surface area contributed by atoms with Crippen molar-refractivity contribution in [1.82, 2.24) is 5.32 Å². The Kier molecular flexibility index (Phi) is 6.70. The fraction of sp³-hybridized carbons (Fsp3) is 0.800. The summed E-state index contributed by atoms with van der Waals surface area (Å²) in [5.41, 5.74) is 0. The molecule has 0 aromatic heterocycles. The molecule has 0 unspecified atom stereocenters. The number of carboxylic acids is 1. The van der Waals surface area contributed by atoms with Gasteiger partial charge < -0.3 is 15.2 Å². The van der Waals surface area contributed by atoms with Crippen LogP contribution in [0.5, 0.6) is 0 Å². The van der Waals surface area contributed by atoms with Crippen molar-refractivity contribution in [2.75, 3.05) is 13.2 Å². The molecule has 1 amide bonds. The maximum Gasteiger partial charge on any atom is 0.326 e. The Morgan fingerprint density at radius 2 is 2.00 bits per heavy atom. The monoisotopic (exact) mass is 217 g/mol. The Morgan fingerprint density at radius 1 is 1.40 bits per heavy atom. The molecule has 0 aromatic carbocycles. The maximum absolute atomic E-state index is 11.2. The SMILES string of the molecule is CCOCC(=O)N[C@@H](C(=O)O)[C@H](C)CC. The van der Waals surface area contributed by atoms with Gasteiger partial charge in [-0.1, -0.05) is 20.3 Å². The van der Waals surface area contributed by atoms with E-state index in [-0.39, 0.29) is 18.4 Å². The molecule has 0 aliphatic carbocycles. The van der Waals surface area contributed by atoms with E-state index in [2.05, 4.69) is 5.32 Å². The summed E-state index contributed by atoms with van der Waals surface area (Å²) in [6.07, 6.45) is 0.700. The molecular weight excluding hydrogens is 198 g/mol. The average molecular weight is 217 g/mol. The highest BCUT2D eigenvalue weighted by molar-refractivity contribution is 5.84. The average Bonchev–Trinajstić information content (AvgIpc) is 2.21. The number of hydrogen-bond acceptors (Lipinski definition) is 3. The molecule has 2 N–H and O–H groups in total. The van der Waals surface area contributed by atoms with Crippen LogP contribution in [0.25, 0.3) is 0 Å². The second-order valence-corrected chi connectivity index (χ2v) is 3.41. The normalized spacial score (nSPS) is 14.3. The van der Waals surface area contributed by atoms with Crippen molar-refractivity contribution in [3.63, 3.8) is 0 Å². The number of amides is 1. The van der Waals surface area contributed by atoms with E-state index in [0.717, 1.165) is 0 Å². The molecule has 88 valence electrons. The summed E-state index contributed by atoms with van der Waals surface area (Å²) >= 11 is 0. The first-order chi connectivity index (χ1) is 7.02. The predicted molar refractivity (Wildman–Crippen MR) is 55.5 cm³/mol. The van der Waals surface area contributed by atoms with Crippen molar-refractivity contribution in [3.8, 4) is 0 Å².